The molecule has 0 radical (unpaired) electrons. The highest BCUT2D eigenvalue weighted by molar-refractivity contribution is 6.01. The summed E-state index contributed by atoms with van der Waals surface area (Å²) in [6, 6.07) is 15.8. The van der Waals surface area contributed by atoms with E-state index in [4.69, 9.17) is 4.98 Å². The summed E-state index contributed by atoms with van der Waals surface area (Å²) in [6.07, 6.45) is 9.10. The molecule has 6 heterocycles. The second kappa shape index (κ2) is 14.9. The summed E-state index contributed by atoms with van der Waals surface area (Å²) in [5, 5.41) is 2.90. The van der Waals surface area contributed by atoms with E-state index < -0.39 is 29.4 Å². The Morgan fingerprint density at radius 2 is 1.61 bits per heavy atom. The smallest absolute Gasteiger partial charge is 0.281 e. The van der Waals surface area contributed by atoms with Crippen molar-refractivity contribution in [3.8, 4) is 5.69 Å². The highest BCUT2D eigenvalue weighted by Crippen LogP contribution is 2.52. The van der Waals surface area contributed by atoms with Gasteiger partial charge >= 0.3 is 0 Å². The fraction of sp³-hybridized carbons (Fsp3) is 0.511. The third kappa shape index (κ3) is 6.57. The average Bonchev–Trinajstić information content (AvgIpc) is 3.47. The van der Waals surface area contributed by atoms with Crippen molar-refractivity contribution >= 4 is 34.3 Å². The van der Waals surface area contributed by atoms with Gasteiger partial charge in [0.1, 0.15) is 17.5 Å². The van der Waals surface area contributed by atoms with Crippen LogP contribution in [0.2, 0.25) is 0 Å². The average molecular weight is 803 g/mol. The summed E-state index contributed by atoms with van der Waals surface area (Å²) in [7, 11) is 0. The van der Waals surface area contributed by atoms with Crippen LogP contribution in [0.15, 0.2) is 53.3 Å². The van der Waals surface area contributed by atoms with E-state index >= 15 is 8.78 Å². The van der Waals surface area contributed by atoms with Crippen LogP contribution in [-0.2, 0) is 19.8 Å². The first-order valence-electron chi connectivity index (χ1n) is 21.8. The summed E-state index contributed by atoms with van der Waals surface area (Å²) in [5.74, 6) is -1.77. The van der Waals surface area contributed by atoms with Crippen LogP contribution >= 0.6 is 0 Å². The second-order valence-electron chi connectivity index (χ2n) is 18.2. The van der Waals surface area contributed by atoms with Crippen molar-refractivity contribution in [1.82, 2.24) is 24.7 Å². The minimum Gasteiger partial charge on any atom is -0.371 e. The number of carbonyl (C=O) groups excluding carboxylic acids is 3. The van der Waals surface area contributed by atoms with E-state index in [2.05, 4.69) is 45.1 Å². The largest absolute Gasteiger partial charge is 0.371 e. The zero-order valence-corrected chi connectivity index (χ0v) is 33.8. The van der Waals surface area contributed by atoms with Crippen LogP contribution in [0.4, 0.5) is 14.5 Å². The lowest BCUT2D eigenvalue weighted by molar-refractivity contribution is -0.143. The van der Waals surface area contributed by atoms with Gasteiger partial charge in [-0.1, -0.05) is 43.5 Å². The van der Waals surface area contributed by atoms with E-state index in [1.54, 1.807) is 0 Å². The topological polar surface area (TPSA) is 108 Å². The number of hydrogen-bond acceptors (Lipinski definition) is 7. The lowest BCUT2D eigenvalue weighted by Crippen LogP contribution is -2.56. The first-order chi connectivity index (χ1) is 28.6. The van der Waals surface area contributed by atoms with Crippen LogP contribution in [0.5, 0.6) is 0 Å². The van der Waals surface area contributed by atoms with Gasteiger partial charge in [-0.25, -0.2) is 8.78 Å². The first-order valence-corrected chi connectivity index (χ1v) is 21.8. The molecule has 6 aliphatic rings. The third-order valence-corrected chi connectivity index (χ3v) is 14.7. The number of rotatable bonds is 6. The SMILES string of the molecule is Cc1cccc2c1c(=O)nc1n2-c2cc(C3CCN(CC4CN(C(=O)C5CCN(c6cc(F)c(C7CCC(=O)NC7=O)c(F)c6)CC5)C4)CC3)ccc2C12CCCCC2. The van der Waals surface area contributed by atoms with Crippen LogP contribution in [0.1, 0.15) is 111 Å². The molecule has 1 unspecified atom stereocenters. The number of nitrogens with zero attached hydrogens (tertiary/aromatic N) is 5. The number of aromatic nitrogens is 2. The number of likely N-dealkylation sites (tertiary alicyclic amines) is 2. The molecule has 1 spiro atoms. The van der Waals surface area contributed by atoms with E-state index in [9.17, 15) is 19.2 Å². The van der Waals surface area contributed by atoms with Gasteiger partial charge in [-0.3, -0.25) is 29.1 Å². The van der Waals surface area contributed by atoms with Gasteiger partial charge in [-0.15, -0.1) is 0 Å². The Bertz CT molecular complexity index is 2400. The van der Waals surface area contributed by atoms with Crippen molar-refractivity contribution in [2.45, 2.75) is 94.8 Å². The number of aryl methyl sites for hydroxylation is 1. The number of imide groups is 1. The van der Waals surface area contributed by atoms with E-state index in [-0.39, 0.29) is 41.2 Å². The summed E-state index contributed by atoms with van der Waals surface area (Å²) >= 11 is 0. The summed E-state index contributed by atoms with van der Waals surface area (Å²) in [6.45, 7) is 7.62. The first kappa shape index (κ1) is 38.2. The molecule has 59 heavy (non-hydrogen) atoms. The van der Waals surface area contributed by atoms with Gasteiger partial charge in [0, 0.05) is 62.2 Å². The van der Waals surface area contributed by atoms with Crippen molar-refractivity contribution in [2.24, 2.45) is 11.8 Å². The lowest BCUT2D eigenvalue weighted by atomic mass is 9.69. The normalized spacial score (nSPS) is 22.7. The number of halogens is 2. The number of carbonyl (C=O) groups is 3. The molecule has 10 nitrogen and oxygen atoms in total. The van der Waals surface area contributed by atoms with Gasteiger partial charge in [-0.05, 0) is 112 Å². The van der Waals surface area contributed by atoms with Gasteiger partial charge in [0.15, 0.2) is 0 Å². The number of piperidine rings is 3. The predicted molar refractivity (Wildman–Crippen MR) is 221 cm³/mol. The number of nitrogens with one attached hydrogen (secondary N) is 1. The zero-order valence-electron chi connectivity index (χ0n) is 33.8. The van der Waals surface area contributed by atoms with Gasteiger partial charge < -0.3 is 14.7 Å². The van der Waals surface area contributed by atoms with Crippen LogP contribution in [0, 0.1) is 30.4 Å². The maximum atomic E-state index is 15.2. The standard InChI is InChI=1S/C47H52F2N6O4/c1-28-6-5-7-38-41(28)44(58)51-46-47(16-3-2-4-17-47)35-10-8-32(22-39(35)55(38)46)30-12-18-52(19-13-30)25-29-26-54(27-29)45(59)31-14-20-53(21-15-31)33-23-36(48)42(37(49)24-33)34-9-11-40(56)50-43(34)57/h5-8,10,22-24,29-31,34H,2-4,9,11-21,25-27H2,1H3,(H,50,56,57). The molecule has 1 atom stereocenters. The maximum absolute atomic E-state index is 15.2. The molecule has 1 aliphatic carbocycles. The molecule has 3 amide bonds. The molecule has 4 saturated heterocycles. The number of fused-ring (bicyclic) bond motifs is 7. The Hall–Kier alpha value is -4.97. The summed E-state index contributed by atoms with van der Waals surface area (Å²) in [5.41, 5.74) is 5.65. The molecule has 10 rings (SSSR count). The molecule has 1 N–H and O–H groups in total. The number of hydrogen-bond donors (Lipinski definition) is 1. The van der Waals surface area contributed by atoms with Crippen LogP contribution in [0.3, 0.4) is 0 Å². The maximum Gasteiger partial charge on any atom is 0.281 e. The fourth-order valence-corrected chi connectivity index (χ4v) is 11.5. The van der Waals surface area contributed by atoms with Gasteiger partial charge in [0.05, 0.1) is 27.9 Å². The van der Waals surface area contributed by atoms with Gasteiger partial charge in [0.25, 0.3) is 5.56 Å². The Morgan fingerprint density at radius 3 is 2.32 bits per heavy atom. The lowest BCUT2D eigenvalue weighted by Gasteiger charge is -2.45. The highest BCUT2D eigenvalue weighted by Gasteiger charge is 2.47. The van der Waals surface area contributed by atoms with Crippen LogP contribution in [-0.4, -0.2) is 82.9 Å². The number of amides is 3. The molecule has 4 aromatic rings. The molecular formula is C47H52F2N6O4. The molecule has 5 fully saturated rings. The Kier molecular flexibility index (Phi) is 9.68. The minimum atomic E-state index is -1.03. The van der Waals surface area contributed by atoms with Crippen molar-refractivity contribution < 1.29 is 23.2 Å². The second-order valence-corrected chi connectivity index (χ2v) is 18.2. The van der Waals surface area contributed by atoms with Crippen molar-refractivity contribution in [2.75, 3.05) is 50.7 Å². The molecule has 12 heteroatoms. The Morgan fingerprint density at radius 1 is 0.881 bits per heavy atom. The van der Waals surface area contributed by atoms with Gasteiger partial charge in [0.2, 0.25) is 17.7 Å². The predicted octanol–water partition coefficient (Wildman–Crippen LogP) is 6.61. The highest BCUT2D eigenvalue weighted by atomic mass is 19.1. The minimum absolute atomic E-state index is 0.0469. The number of anilines is 1. The summed E-state index contributed by atoms with van der Waals surface area (Å²) in [4.78, 5) is 62.1. The van der Waals surface area contributed by atoms with Crippen LogP contribution < -0.4 is 15.8 Å². The zero-order chi connectivity index (χ0) is 40.6. The van der Waals surface area contributed by atoms with Crippen molar-refractivity contribution in [1.29, 1.82) is 0 Å². The van der Waals surface area contributed by atoms with E-state index in [1.807, 2.05) is 22.8 Å². The molecule has 5 aliphatic heterocycles. The van der Waals surface area contributed by atoms with Crippen molar-refractivity contribution in [3.63, 3.8) is 0 Å². The molecule has 1 aromatic heterocycles. The number of benzene rings is 3. The fourth-order valence-electron chi connectivity index (χ4n) is 11.5. The van der Waals surface area contributed by atoms with Crippen molar-refractivity contribution in [3.05, 3.63) is 98.6 Å². The molecular weight excluding hydrogens is 751 g/mol. The summed E-state index contributed by atoms with van der Waals surface area (Å²) < 4.78 is 32.7. The quantitative estimate of drug-likeness (QED) is 0.219. The van der Waals surface area contributed by atoms with E-state index in [0.717, 1.165) is 93.5 Å². The molecule has 1 saturated carbocycles. The third-order valence-electron chi connectivity index (χ3n) is 14.7. The van der Waals surface area contributed by atoms with E-state index in [1.165, 1.54) is 35.4 Å². The Labute approximate surface area is 343 Å². The van der Waals surface area contributed by atoms with E-state index in [0.29, 0.717) is 43.5 Å². The molecule has 0 bridgehead atoms. The van der Waals surface area contributed by atoms with Gasteiger partial charge in [-0.2, -0.15) is 4.98 Å². The molecule has 308 valence electrons. The van der Waals surface area contributed by atoms with Crippen LogP contribution in [0.25, 0.3) is 16.6 Å². The monoisotopic (exact) mass is 802 g/mol. The Balaban J connectivity index is 0.733. The molecule has 3 aromatic carbocycles.